The zero-order valence-electron chi connectivity index (χ0n) is 11.4. The third kappa shape index (κ3) is 4.06. The Morgan fingerprint density at radius 3 is 2.65 bits per heavy atom. The molecule has 112 valence electrons. The van der Waals surface area contributed by atoms with E-state index in [1.807, 2.05) is 0 Å². The molecule has 1 aromatic heterocycles. The highest BCUT2D eigenvalue weighted by Gasteiger charge is 2.33. The molecule has 1 aromatic rings. The Balaban J connectivity index is 1.89. The smallest absolute Gasteiger partial charge is 0.253 e. The monoisotopic (exact) mass is 423 g/mol. The predicted octanol–water partition coefficient (Wildman–Crippen LogP) is 4.33. The van der Waals surface area contributed by atoms with E-state index >= 15 is 0 Å². The van der Waals surface area contributed by atoms with E-state index in [0.717, 1.165) is 39.2 Å². The first-order chi connectivity index (χ1) is 9.43. The summed E-state index contributed by atoms with van der Waals surface area (Å²) in [5.41, 5.74) is -0.117. The highest BCUT2D eigenvalue weighted by molar-refractivity contribution is 9.12. The van der Waals surface area contributed by atoms with Crippen LogP contribution < -0.4 is 5.32 Å². The fourth-order valence-corrected chi connectivity index (χ4v) is 5.43. The summed E-state index contributed by atoms with van der Waals surface area (Å²) in [5, 5.41) is 13.4. The number of rotatable bonds is 4. The molecule has 2 rings (SSSR count). The minimum Gasteiger partial charge on any atom is -0.388 e. The van der Waals surface area contributed by atoms with Crippen LogP contribution in [0.4, 0.5) is 0 Å². The van der Waals surface area contributed by atoms with Crippen LogP contribution in [0.5, 0.6) is 0 Å². The van der Waals surface area contributed by atoms with Crippen LogP contribution >= 0.6 is 43.2 Å². The minimum atomic E-state index is -0.735. The second kappa shape index (κ2) is 6.90. The number of hydrogen-bond acceptors (Lipinski definition) is 3. The van der Waals surface area contributed by atoms with Gasteiger partial charge in [-0.3, -0.25) is 4.79 Å². The number of thiophene rings is 1. The summed E-state index contributed by atoms with van der Waals surface area (Å²) in [6.45, 7) is 2.53. The Morgan fingerprint density at radius 1 is 1.50 bits per heavy atom. The van der Waals surface area contributed by atoms with Crippen LogP contribution in [-0.2, 0) is 0 Å². The fraction of sp³-hybridized carbons (Fsp3) is 0.643. The van der Waals surface area contributed by atoms with Crippen molar-refractivity contribution in [1.82, 2.24) is 5.32 Å². The predicted molar refractivity (Wildman–Crippen MR) is 89.3 cm³/mol. The molecule has 1 saturated carbocycles. The van der Waals surface area contributed by atoms with E-state index in [1.165, 1.54) is 17.8 Å². The zero-order chi connectivity index (χ0) is 14.8. The molecular formula is C14H19Br2NO2S. The van der Waals surface area contributed by atoms with Crippen molar-refractivity contribution in [2.24, 2.45) is 5.92 Å². The van der Waals surface area contributed by atoms with Gasteiger partial charge in [0, 0.05) is 6.54 Å². The average Bonchev–Trinajstić information content (AvgIpc) is 2.76. The minimum absolute atomic E-state index is 0.134. The number of amides is 1. The van der Waals surface area contributed by atoms with E-state index < -0.39 is 5.60 Å². The molecule has 2 N–H and O–H groups in total. The average molecular weight is 425 g/mol. The van der Waals surface area contributed by atoms with Crippen molar-refractivity contribution in [3.05, 3.63) is 19.2 Å². The van der Waals surface area contributed by atoms with Gasteiger partial charge in [0.15, 0.2) is 0 Å². The normalized spacial score (nSPS) is 26.5. The zero-order valence-corrected chi connectivity index (χ0v) is 15.4. The summed E-state index contributed by atoms with van der Waals surface area (Å²) in [6, 6.07) is 1.79. The van der Waals surface area contributed by atoms with Crippen molar-refractivity contribution in [3.63, 3.8) is 0 Å². The molecule has 0 radical (unpaired) electrons. The van der Waals surface area contributed by atoms with E-state index in [1.54, 1.807) is 6.07 Å². The van der Waals surface area contributed by atoms with Gasteiger partial charge in [0.2, 0.25) is 0 Å². The van der Waals surface area contributed by atoms with Crippen molar-refractivity contribution >= 4 is 49.1 Å². The highest BCUT2D eigenvalue weighted by Crippen LogP contribution is 2.34. The first kappa shape index (κ1) is 16.5. The molecule has 1 aliphatic rings. The Bertz CT molecular complexity index is 482. The lowest BCUT2D eigenvalue weighted by molar-refractivity contribution is -0.00786. The van der Waals surface area contributed by atoms with Gasteiger partial charge in [0.05, 0.1) is 18.7 Å². The molecule has 0 unspecified atom stereocenters. The summed E-state index contributed by atoms with van der Waals surface area (Å²) in [6.07, 6.45) is 4.84. The van der Waals surface area contributed by atoms with Crippen molar-refractivity contribution in [3.8, 4) is 0 Å². The van der Waals surface area contributed by atoms with Crippen LogP contribution in [0.15, 0.2) is 13.6 Å². The van der Waals surface area contributed by atoms with Crippen LogP contribution in [0.3, 0.4) is 0 Å². The molecule has 0 aromatic carbocycles. The standard InChI is InChI=1S/C14H19Br2NO2S/c1-2-9-3-5-14(19,6-4-9)8-17-13(18)10-7-11(15)20-12(10)16/h7,9,19H,2-6,8H2,1H3,(H,17,18). The van der Waals surface area contributed by atoms with E-state index in [0.29, 0.717) is 12.1 Å². The molecule has 0 spiro atoms. The number of carbonyl (C=O) groups is 1. The van der Waals surface area contributed by atoms with Crippen molar-refractivity contribution in [2.75, 3.05) is 6.54 Å². The third-order valence-corrected chi connectivity index (χ3v) is 6.43. The van der Waals surface area contributed by atoms with Gasteiger partial charge in [0.25, 0.3) is 5.91 Å². The fourth-order valence-electron chi connectivity index (χ4n) is 2.64. The lowest BCUT2D eigenvalue weighted by Crippen LogP contribution is -2.45. The second-order valence-electron chi connectivity index (χ2n) is 5.50. The van der Waals surface area contributed by atoms with Crippen molar-refractivity contribution < 1.29 is 9.90 Å². The molecule has 1 heterocycles. The second-order valence-corrected chi connectivity index (χ2v) is 9.25. The maximum Gasteiger partial charge on any atom is 0.253 e. The number of hydrogen-bond donors (Lipinski definition) is 2. The molecule has 1 aliphatic carbocycles. The number of aliphatic hydroxyl groups is 1. The van der Waals surface area contributed by atoms with Crippen molar-refractivity contribution in [1.29, 1.82) is 0 Å². The molecule has 20 heavy (non-hydrogen) atoms. The van der Waals surface area contributed by atoms with Gasteiger partial charge in [-0.1, -0.05) is 13.3 Å². The molecular weight excluding hydrogens is 406 g/mol. The number of halogens is 2. The molecule has 0 saturated heterocycles. The Labute approximate surface area is 140 Å². The Hall–Kier alpha value is 0.0900. The van der Waals surface area contributed by atoms with Gasteiger partial charge in [-0.15, -0.1) is 11.3 Å². The lowest BCUT2D eigenvalue weighted by Gasteiger charge is -2.35. The first-order valence-electron chi connectivity index (χ1n) is 6.89. The third-order valence-electron chi connectivity index (χ3n) is 4.09. The van der Waals surface area contributed by atoms with Crippen LogP contribution in [-0.4, -0.2) is 23.2 Å². The molecule has 1 fully saturated rings. The highest BCUT2D eigenvalue weighted by atomic mass is 79.9. The van der Waals surface area contributed by atoms with E-state index in [4.69, 9.17) is 0 Å². The molecule has 0 bridgehead atoms. The molecule has 3 nitrogen and oxygen atoms in total. The molecule has 6 heteroatoms. The van der Waals surface area contributed by atoms with Gasteiger partial charge >= 0.3 is 0 Å². The summed E-state index contributed by atoms with van der Waals surface area (Å²) >= 11 is 8.21. The Kier molecular flexibility index (Phi) is 5.68. The summed E-state index contributed by atoms with van der Waals surface area (Å²) in [7, 11) is 0. The van der Waals surface area contributed by atoms with E-state index in [9.17, 15) is 9.90 Å². The van der Waals surface area contributed by atoms with E-state index in [2.05, 4.69) is 44.1 Å². The molecule has 0 aliphatic heterocycles. The number of carbonyl (C=O) groups excluding carboxylic acids is 1. The Morgan fingerprint density at radius 2 is 2.15 bits per heavy atom. The van der Waals surface area contributed by atoms with Crippen LogP contribution in [0, 0.1) is 5.92 Å². The summed E-state index contributed by atoms with van der Waals surface area (Å²) in [5.74, 6) is 0.595. The van der Waals surface area contributed by atoms with Gasteiger partial charge in [0.1, 0.15) is 0 Å². The SMILES string of the molecule is CCC1CCC(O)(CNC(=O)c2cc(Br)sc2Br)CC1. The van der Waals surface area contributed by atoms with Crippen LogP contribution in [0.2, 0.25) is 0 Å². The maximum atomic E-state index is 12.1. The largest absolute Gasteiger partial charge is 0.388 e. The first-order valence-corrected chi connectivity index (χ1v) is 9.29. The summed E-state index contributed by atoms with van der Waals surface area (Å²) < 4.78 is 1.72. The quantitative estimate of drug-likeness (QED) is 0.755. The van der Waals surface area contributed by atoms with E-state index in [-0.39, 0.29) is 5.91 Å². The van der Waals surface area contributed by atoms with Gasteiger partial charge in [-0.2, -0.15) is 0 Å². The number of nitrogens with one attached hydrogen (secondary N) is 1. The maximum absolute atomic E-state index is 12.1. The van der Waals surface area contributed by atoms with Gasteiger partial charge in [-0.25, -0.2) is 0 Å². The van der Waals surface area contributed by atoms with Crippen molar-refractivity contribution in [2.45, 2.75) is 44.6 Å². The lowest BCUT2D eigenvalue weighted by atomic mass is 9.78. The van der Waals surface area contributed by atoms with Gasteiger partial charge in [-0.05, 0) is 69.5 Å². The van der Waals surface area contributed by atoms with Gasteiger partial charge < -0.3 is 10.4 Å². The van der Waals surface area contributed by atoms with Crippen LogP contribution in [0.25, 0.3) is 0 Å². The summed E-state index contributed by atoms with van der Waals surface area (Å²) in [4.78, 5) is 12.1. The molecule has 0 atom stereocenters. The van der Waals surface area contributed by atoms with Crippen LogP contribution in [0.1, 0.15) is 49.4 Å². The topological polar surface area (TPSA) is 49.3 Å². The molecule has 1 amide bonds.